The Bertz CT molecular complexity index is 1330. The van der Waals surface area contributed by atoms with E-state index in [4.69, 9.17) is 4.42 Å². The van der Waals surface area contributed by atoms with E-state index in [1.165, 1.54) is 13.2 Å². The van der Waals surface area contributed by atoms with E-state index in [9.17, 15) is 9.59 Å². The first-order valence-corrected chi connectivity index (χ1v) is 11.7. The van der Waals surface area contributed by atoms with Crippen LogP contribution in [0.15, 0.2) is 83.6 Å². The van der Waals surface area contributed by atoms with E-state index in [0.717, 1.165) is 41.4 Å². The highest BCUT2D eigenvalue weighted by Gasteiger charge is 2.23. The third-order valence-electron chi connectivity index (χ3n) is 5.94. The Morgan fingerprint density at radius 1 is 0.889 bits per heavy atom. The van der Waals surface area contributed by atoms with Crippen LogP contribution in [0.3, 0.4) is 0 Å². The zero-order valence-electron chi connectivity index (χ0n) is 19.8. The minimum absolute atomic E-state index is 0.0647. The largest absolute Gasteiger partial charge is 0.459 e. The number of furan rings is 1. The quantitative estimate of drug-likeness (QED) is 0.420. The molecule has 3 heterocycles. The highest BCUT2D eigenvalue weighted by atomic mass is 16.3. The summed E-state index contributed by atoms with van der Waals surface area (Å²) in [6.07, 6.45) is 3.23. The van der Waals surface area contributed by atoms with Crippen molar-refractivity contribution < 1.29 is 14.0 Å². The number of aromatic nitrogens is 2. The lowest BCUT2D eigenvalue weighted by Crippen LogP contribution is -2.48. The van der Waals surface area contributed by atoms with Gasteiger partial charge in [-0.2, -0.15) is 0 Å². The number of nitrogens with one attached hydrogen (secondary N) is 2. The fourth-order valence-electron chi connectivity index (χ4n) is 4.12. The molecule has 182 valence electrons. The molecule has 0 radical (unpaired) electrons. The van der Waals surface area contributed by atoms with Gasteiger partial charge in [0.25, 0.3) is 5.91 Å². The van der Waals surface area contributed by atoms with Crippen molar-refractivity contribution in [2.75, 3.05) is 41.7 Å². The molecule has 1 saturated heterocycles. The van der Waals surface area contributed by atoms with Gasteiger partial charge in [-0.3, -0.25) is 9.59 Å². The number of nitrogens with zero attached hydrogens (tertiary/aromatic N) is 4. The summed E-state index contributed by atoms with van der Waals surface area (Å²) < 4.78 is 5.24. The molecule has 9 heteroatoms. The Morgan fingerprint density at radius 3 is 2.28 bits per heavy atom. The Kier molecular flexibility index (Phi) is 6.61. The monoisotopic (exact) mass is 482 g/mol. The fourth-order valence-corrected chi connectivity index (χ4v) is 4.12. The molecule has 5 rings (SSSR count). The number of rotatable bonds is 6. The van der Waals surface area contributed by atoms with Crippen LogP contribution in [0.4, 0.5) is 23.0 Å². The maximum Gasteiger partial charge on any atom is 0.289 e. The Hall–Kier alpha value is -4.66. The van der Waals surface area contributed by atoms with Crippen LogP contribution in [0.25, 0.3) is 11.3 Å². The molecule has 2 aromatic heterocycles. The van der Waals surface area contributed by atoms with Crippen molar-refractivity contribution in [2.45, 2.75) is 6.92 Å². The Balaban J connectivity index is 1.19. The van der Waals surface area contributed by atoms with Gasteiger partial charge in [-0.15, -0.1) is 0 Å². The van der Waals surface area contributed by atoms with Gasteiger partial charge in [0, 0.05) is 61.9 Å². The van der Waals surface area contributed by atoms with Gasteiger partial charge in [-0.25, -0.2) is 9.97 Å². The molecule has 0 saturated carbocycles. The second-order valence-corrected chi connectivity index (χ2v) is 8.45. The molecule has 1 fully saturated rings. The van der Waals surface area contributed by atoms with Gasteiger partial charge in [0.05, 0.1) is 12.0 Å². The van der Waals surface area contributed by atoms with Gasteiger partial charge in [-0.1, -0.05) is 12.1 Å². The summed E-state index contributed by atoms with van der Waals surface area (Å²) in [4.78, 5) is 36.7. The number of carbonyl (C=O) groups is 2. The molecule has 4 aromatic rings. The van der Waals surface area contributed by atoms with Crippen molar-refractivity contribution in [3.05, 3.63) is 85.0 Å². The van der Waals surface area contributed by atoms with E-state index in [1.54, 1.807) is 18.3 Å². The average Bonchev–Trinajstić information content (AvgIpc) is 3.44. The minimum atomic E-state index is -0.107. The summed E-state index contributed by atoms with van der Waals surface area (Å²) in [5.74, 6) is 0.707. The van der Waals surface area contributed by atoms with E-state index in [-0.39, 0.29) is 11.8 Å². The normalized spacial score (nSPS) is 13.4. The van der Waals surface area contributed by atoms with Gasteiger partial charge in [0.15, 0.2) is 5.76 Å². The highest BCUT2D eigenvalue weighted by Crippen LogP contribution is 2.24. The first kappa shape index (κ1) is 23.1. The van der Waals surface area contributed by atoms with E-state index >= 15 is 0 Å². The maximum atomic E-state index is 12.5. The van der Waals surface area contributed by atoms with Gasteiger partial charge in [-0.05, 0) is 54.6 Å². The molecule has 0 bridgehead atoms. The first-order valence-electron chi connectivity index (χ1n) is 11.7. The first-order chi connectivity index (χ1) is 17.5. The molecular formula is C27H26N6O3. The lowest BCUT2D eigenvalue weighted by atomic mass is 10.1. The van der Waals surface area contributed by atoms with Crippen molar-refractivity contribution in [1.82, 2.24) is 14.9 Å². The standard InChI is InChI=1S/C27H26N6O3/c1-19(34)29-21-6-4-20(5-7-21)24-12-13-28-27(31-24)30-22-8-10-23(11-9-22)32-14-16-33(17-15-32)26(35)25-3-2-18-36-25/h2-13,18H,14-17H2,1H3,(H,29,34)(H,28,30,31). The summed E-state index contributed by atoms with van der Waals surface area (Å²) in [6.45, 7) is 4.28. The predicted molar refractivity (Wildman–Crippen MR) is 138 cm³/mol. The van der Waals surface area contributed by atoms with Crippen molar-refractivity contribution in [3.63, 3.8) is 0 Å². The topological polar surface area (TPSA) is 104 Å². The van der Waals surface area contributed by atoms with Crippen molar-refractivity contribution in [1.29, 1.82) is 0 Å². The smallest absolute Gasteiger partial charge is 0.289 e. The van der Waals surface area contributed by atoms with Gasteiger partial charge >= 0.3 is 0 Å². The molecule has 2 amide bonds. The van der Waals surface area contributed by atoms with Crippen LogP contribution in [-0.2, 0) is 4.79 Å². The third kappa shape index (κ3) is 5.35. The number of anilines is 4. The summed E-state index contributed by atoms with van der Waals surface area (Å²) in [7, 11) is 0. The molecule has 0 spiro atoms. The van der Waals surface area contributed by atoms with Crippen molar-refractivity contribution in [3.8, 4) is 11.3 Å². The molecule has 9 nitrogen and oxygen atoms in total. The second-order valence-electron chi connectivity index (χ2n) is 8.45. The summed E-state index contributed by atoms with van der Waals surface area (Å²) in [6, 6.07) is 20.9. The van der Waals surface area contributed by atoms with Gasteiger partial charge < -0.3 is 24.9 Å². The number of hydrogen-bond acceptors (Lipinski definition) is 7. The van der Waals surface area contributed by atoms with Crippen molar-refractivity contribution in [2.24, 2.45) is 0 Å². The number of carbonyl (C=O) groups excluding carboxylic acids is 2. The lowest BCUT2D eigenvalue weighted by Gasteiger charge is -2.35. The van der Waals surface area contributed by atoms with Crippen molar-refractivity contribution >= 4 is 34.8 Å². The third-order valence-corrected chi connectivity index (χ3v) is 5.94. The van der Waals surface area contributed by atoms with E-state index in [2.05, 4.69) is 37.6 Å². The Morgan fingerprint density at radius 2 is 1.61 bits per heavy atom. The number of piperazine rings is 1. The second kappa shape index (κ2) is 10.3. The molecular weight excluding hydrogens is 456 g/mol. The molecule has 2 N–H and O–H groups in total. The SMILES string of the molecule is CC(=O)Nc1ccc(-c2ccnc(Nc3ccc(N4CCN(C(=O)c5ccco5)CC4)cc3)n2)cc1. The van der Waals surface area contributed by atoms with Crippen LogP contribution < -0.4 is 15.5 Å². The van der Waals surface area contributed by atoms with E-state index < -0.39 is 0 Å². The van der Waals surface area contributed by atoms with E-state index in [0.29, 0.717) is 24.8 Å². The maximum absolute atomic E-state index is 12.5. The van der Waals surface area contributed by atoms with Crippen LogP contribution in [0.5, 0.6) is 0 Å². The van der Waals surface area contributed by atoms with Crippen LogP contribution in [0, 0.1) is 0 Å². The molecule has 0 atom stereocenters. The molecule has 36 heavy (non-hydrogen) atoms. The zero-order valence-corrected chi connectivity index (χ0v) is 19.8. The fraction of sp³-hybridized carbons (Fsp3) is 0.185. The number of benzene rings is 2. The number of amides is 2. The summed E-state index contributed by atoms with van der Waals surface area (Å²) >= 11 is 0. The number of hydrogen-bond donors (Lipinski definition) is 2. The molecule has 1 aliphatic rings. The average molecular weight is 483 g/mol. The molecule has 0 aliphatic carbocycles. The zero-order chi connectivity index (χ0) is 24.9. The lowest BCUT2D eigenvalue weighted by molar-refractivity contribution is -0.114. The van der Waals surface area contributed by atoms with Gasteiger partial charge in [0.2, 0.25) is 11.9 Å². The highest BCUT2D eigenvalue weighted by molar-refractivity contribution is 5.91. The van der Waals surface area contributed by atoms with E-state index in [1.807, 2.05) is 47.4 Å². The van der Waals surface area contributed by atoms with Crippen LogP contribution in [-0.4, -0.2) is 52.9 Å². The molecule has 0 unspecified atom stereocenters. The van der Waals surface area contributed by atoms with Gasteiger partial charge in [0.1, 0.15) is 0 Å². The molecule has 2 aromatic carbocycles. The van der Waals surface area contributed by atoms with Crippen LogP contribution >= 0.6 is 0 Å². The summed E-state index contributed by atoms with van der Waals surface area (Å²) in [5, 5.41) is 6.02. The summed E-state index contributed by atoms with van der Waals surface area (Å²) in [5.41, 5.74) is 4.42. The van der Waals surface area contributed by atoms with Crippen LogP contribution in [0.2, 0.25) is 0 Å². The predicted octanol–water partition coefficient (Wildman–Crippen LogP) is 4.40. The van der Waals surface area contributed by atoms with Crippen LogP contribution in [0.1, 0.15) is 17.5 Å². The Labute approximate surface area is 208 Å². The molecule has 1 aliphatic heterocycles. The minimum Gasteiger partial charge on any atom is -0.459 e.